The summed E-state index contributed by atoms with van der Waals surface area (Å²) in [5, 5.41) is 8.45. The third kappa shape index (κ3) is 1.76. The van der Waals surface area contributed by atoms with E-state index in [-0.39, 0.29) is 6.04 Å². The van der Waals surface area contributed by atoms with Gasteiger partial charge in [0, 0.05) is 12.2 Å². The Labute approximate surface area is 65.5 Å². The minimum atomic E-state index is -0.0669. The molecule has 2 N–H and O–H groups in total. The number of pyridine rings is 1. The van der Waals surface area contributed by atoms with Gasteiger partial charge in [0.1, 0.15) is 6.07 Å². The molecule has 0 radical (unpaired) electrons. The Bertz CT molecular complexity index is 268. The van der Waals surface area contributed by atoms with E-state index in [1.165, 1.54) is 6.20 Å². The smallest absolute Gasteiger partial charge is 0.101 e. The topological polar surface area (TPSA) is 62.7 Å². The number of rotatable bonds is 1. The number of nitriles is 1. The zero-order valence-electron chi connectivity index (χ0n) is 6.28. The van der Waals surface area contributed by atoms with Crippen LogP contribution in [0.1, 0.15) is 24.2 Å². The molecule has 1 heterocycles. The molecule has 1 unspecified atom stereocenters. The Morgan fingerprint density at radius 1 is 1.64 bits per heavy atom. The molecule has 0 aromatic carbocycles. The van der Waals surface area contributed by atoms with Gasteiger partial charge < -0.3 is 5.73 Å². The average molecular weight is 147 g/mol. The Morgan fingerprint density at radius 2 is 2.36 bits per heavy atom. The zero-order chi connectivity index (χ0) is 8.27. The molecule has 0 spiro atoms. The van der Waals surface area contributed by atoms with Crippen molar-refractivity contribution in [1.82, 2.24) is 4.98 Å². The summed E-state index contributed by atoms with van der Waals surface area (Å²) >= 11 is 0. The van der Waals surface area contributed by atoms with E-state index in [2.05, 4.69) is 4.98 Å². The first-order chi connectivity index (χ1) is 5.24. The fourth-order valence-corrected chi connectivity index (χ4v) is 0.741. The van der Waals surface area contributed by atoms with Crippen molar-refractivity contribution in [2.24, 2.45) is 5.73 Å². The van der Waals surface area contributed by atoms with Crippen LogP contribution >= 0.6 is 0 Å². The van der Waals surface area contributed by atoms with Gasteiger partial charge in [-0.3, -0.25) is 4.98 Å². The lowest BCUT2D eigenvalue weighted by molar-refractivity contribution is 0.780. The summed E-state index contributed by atoms with van der Waals surface area (Å²) in [6, 6.07) is 5.40. The summed E-state index contributed by atoms with van der Waals surface area (Å²) in [5.41, 5.74) is 6.93. The maximum Gasteiger partial charge on any atom is 0.101 e. The van der Waals surface area contributed by atoms with Crippen molar-refractivity contribution in [3.05, 3.63) is 29.6 Å². The lowest BCUT2D eigenvalue weighted by atomic mass is 10.2. The second-order valence-electron chi connectivity index (χ2n) is 2.37. The molecule has 3 heteroatoms. The molecule has 0 aliphatic heterocycles. The van der Waals surface area contributed by atoms with Crippen LogP contribution in [0.5, 0.6) is 0 Å². The van der Waals surface area contributed by atoms with Gasteiger partial charge in [-0.05, 0) is 19.1 Å². The van der Waals surface area contributed by atoms with Crippen molar-refractivity contribution in [3.63, 3.8) is 0 Å². The lowest BCUT2D eigenvalue weighted by Crippen LogP contribution is -2.06. The molecule has 0 amide bonds. The third-order valence-corrected chi connectivity index (χ3v) is 1.38. The summed E-state index contributed by atoms with van der Waals surface area (Å²) in [6.07, 6.45) is 1.53. The van der Waals surface area contributed by atoms with Crippen molar-refractivity contribution in [1.29, 1.82) is 5.26 Å². The first-order valence-electron chi connectivity index (χ1n) is 3.35. The Kier molecular flexibility index (Phi) is 2.19. The van der Waals surface area contributed by atoms with Crippen molar-refractivity contribution in [2.75, 3.05) is 0 Å². The molecular weight excluding hydrogens is 138 g/mol. The molecule has 0 saturated heterocycles. The standard InChI is InChI=1S/C8H9N3/c1-6(10)8-3-2-7(4-9)5-11-8/h2-3,5-6H,10H2,1H3. The number of nitrogens with two attached hydrogens (primary N) is 1. The molecule has 0 saturated carbocycles. The monoisotopic (exact) mass is 147 g/mol. The molecule has 1 rings (SSSR count). The first kappa shape index (κ1) is 7.70. The zero-order valence-corrected chi connectivity index (χ0v) is 6.28. The largest absolute Gasteiger partial charge is 0.323 e. The third-order valence-electron chi connectivity index (χ3n) is 1.38. The van der Waals surface area contributed by atoms with Crippen LogP contribution in [0.3, 0.4) is 0 Å². The fraction of sp³-hybridized carbons (Fsp3) is 0.250. The van der Waals surface area contributed by atoms with Crippen LogP contribution in [-0.4, -0.2) is 4.98 Å². The molecule has 11 heavy (non-hydrogen) atoms. The van der Waals surface area contributed by atoms with Crippen molar-refractivity contribution >= 4 is 0 Å². The molecule has 56 valence electrons. The van der Waals surface area contributed by atoms with E-state index >= 15 is 0 Å². The maximum absolute atomic E-state index is 8.45. The van der Waals surface area contributed by atoms with E-state index in [0.29, 0.717) is 5.56 Å². The summed E-state index contributed by atoms with van der Waals surface area (Å²) in [5.74, 6) is 0. The number of hydrogen-bond acceptors (Lipinski definition) is 3. The molecule has 3 nitrogen and oxygen atoms in total. The molecular formula is C8H9N3. The van der Waals surface area contributed by atoms with E-state index < -0.39 is 0 Å². The minimum Gasteiger partial charge on any atom is -0.323 e. The van der Waals surface area contributed by atoms with Gasteiger partial charge in [0.15, 0.2) is 0 Å². The summed E-state index contributed by atoms with van der Waals surface area (Å²) < 4.78 is 0. The first-order valence-corrected chi connectivity index (χ1v) is 3.35. The van der Waals surface area contributed by atoms with E-state index in [0.717, 1.165) is 5.69 Å². The van der Waals surface area contributed by atoms with Gasteiger partial charge in [-0.15, -0.1) is 0 Å². The Balaban J connectivity index is 2.94. The quantitative estimate of drug-likeness (QED) is 0.643. The van der Waals surface area contributed by atoms with Crippen LogP contribution in [-0.2, 0) is 0 Å². The molecule has 1 atom stereocenters. The molecule has 1 aromatic rings. The highest BCUT2D eigenvalue weighted by Gasteiger charge is 1.98. The molecule has 0 aliphatic carbocycles. The van der Waals surface area contributed by atoms with E-state index in [4.69, 9.17) is 11.0 Å². The summed E-state index contributed by atoms with van der Waals surface area (Å²) in [4.78, 5) is 4.00. The van der Waals surface area contributed by atoms with Crippen LogP contribution in [0.15, 0.2) is 18.3 Å². The van der Waals surface area contributed by atoms with Gasteiger partial charge >= 0.3 is 0 Å². The Hall–Kier alpha value is -1.40. The lowest BCUT2D eigenvalue weighted by Gasteiger charge is -2.01. The number of nitrogens with zero attached hydrogens (tertiary/aromatic N) is 2. The molecule has 1 aromatic heterocycles. The highest BCUT2D eigenvalue weighted by Crippen LogP contribution is 2.05. The summed E-state index contributed by atoms with van der Waals surface area (Å²) in [6.45, 7) is 1.86. The highest BCUT2D eigenvalue weighted by atomic mass is 14.8. The predicted molar refractivity (Wildman–Crippen MR) is 41.6 cm³/mol. The van der Waals surface area contributed by atoms with Crippen LogP contribution < -0.4 is 5.73 Å². The predicted octanol–water partition coefficient (Wildman–Crippen LogP) is 0.973. The van der Waals surface area contributed by atoms with Gasteiger partial charge in [-0.2, -0.15) is 5.26 Å². The average Bonchev–Trinajstić information content (AvgIpc) is 2.05. The van der Waals surface area contributed by atoms with Crippen molar-refractivity contribution in [3.8, 4) is 6.07 Å². The van der Waals surface area contributed by atoms with Gasteiger partial charge in [0.2, 0.25) is 0 Å². The van der Waals surface area contributed by atoms with Crippen LogP contribution in [0.2, 0.25) is 0 Å². The second-order valence-corrected chi connectivity index (χ2v) is 2.37. The minimum absolute atomic E-state index is 0.0669. The van der Waals surface area contributed by atoms with Crippen molar-refractivity contribution < 1.29 is 0 Å². The Morgan fingerprint density at radius 3 is 2.73 bits per heavy atom. The number of hydrogen-bond donors (Lipinski definition) is 1. The van der Waals surface area contributed by atoms with E-state index in [1.807, 2.05) is 13.0 Å². The summed E-state index contributed by atoms with van der Waals surface area (Å²) in [7, 11) is 0. The number of aromatic nitrogens is 1. The van der Waals surface area contributed by atoms with Crippen LogP contribution in [0.4, 0.5) is 0 Å². The molecule has 0 bridgehead atoms. The van der Waals surface area contributed by atoms with Crippen LogP contribution in [0.25, 0.3) is 0 Å². The van der Waals surface area contributed by atoms with E-state index in [1.54, 1.807) is 12.1 Å². The molecule has 0 aliphatic rings. The van der Waals surface area contributed by atoms with Gasteiger partial charge in [-0.1, -0.05) is 0 Å². The van der Waals surface area contributed by atoms with Crippen LogP contribution in [0, 0.1) is 11.3 Å². The highest BCUT2D eigenvalue weighted by molar-refractivity contribution is 5.26. The SMILES string of the molecule is CC(N)c1ccc(C#N)cn1. The van der Waals surface area contributed by atoms with Gasteiger partial charge in [-0.25, -0.2) is 0 Å². The maximum atomic E-state index is 8.45. The van der Waals surface area contributed by atoms with Gasteiger partial charge in [0.05, 0.1) is 11.3 Å². The second kappa shape index (κ2) is 3.13. The van der Waals surface area contributed by atoms with Gasteiger partial charge in [0.25, 0.3) is 0 Å². The van der Waals surface area contributed by atoms with E-state index in [9.17, 15) is 0 Å². The fourth-order valence-electron chi connectivity index (χ4n) is 0.741. The molecule has 0 fully saturated rings. The normalized spacial score (nSPS) is 12.1. The van der Waals surface area contributed by atoms with Crippen molar-refractivity contribution in [2.45, 2.75) is 13.0 Å².